The molecule has 1 saturated heterocycles. The van der Waals surface area contributed by atoms with Gasteiger partial charge < -0.3 is 5.73 Å². The fraction of sp³-hybridized carbons (Fsp3) is 0.538. The summed E-state index contributed by atoms with van der Waals surface area (Å²) in [7, 11) is 0. The van der Waals surface area contributed by atoms with Crippen LogP contribution in [0.3, 0.4) is 0 Å². The van der Waals surface area contributed by atoms with Gasteiger partial charge >= 0.3 is 6.18 Å². The maximum atomic E-state index is 12.9. The molecule has 4 nitrogen and oxygen atoms in total. The van der Waals surface area contributed by atoms with E-state index >= 15 is 0 Å². The Kier molecular flexibility index (Phi) is 3.99. The number of carbonyl (C=O) groups excluding carboxylic acids is 1. The van der Waals surface area contributed by atoms with Gasteiger partial charge in [0.15, 0.2) is 0 Å². The van der Waals surface area contributed by atoms with Crippen LogP contribution in [0.25, 0.3) is 0 Å². The molecule has 0 aliphatic carbocycles. The molecular weight excluding hydrogens is 271 g/mol. The fourth-order valence-corrected chi connectivity index (χ4v) is 2.54. The highest BCUT2D eigenvalue weighted by Gasteiger charge is 2.51. The lowest BCUT2D eigenvalue weighted by Crippen LogP contribution is -2.37. The van der Waals surface area contributed by atoms with Crippen molar-refractivity contribution in [2.75, 3.05) is 13.1 Å². The van der Waals surface area contributed by atoms with Gasteiger partial charge in [-0.25, -0.2) is 0 Å². The molecule has 2 rings (SSSR count). The minimum absolute atomic E-state index is 0.0356. The number of carbonyl (C=O) groups is 1. The molecule has 1 aliphatic rings. The molecule has 2 heterocycles. The third kappa shape index (κ3) is 3.09. The van der Waals surface area contributed by atoms with Gasteiger partial charge in [0, 0.05) is 32.0 Å². The smallest absolute Gasteiger partial charge is 0.369 e. The van der Waals surface area contributed by atoms with Crippen LogP contribution in [0, 0.1) is 18.8 Å². The molecule has 0 radical (unpaired) electrons. The highest BCUT2D eigenvalue weighted by molar-refractivity contribution is 5.77. The average Bonchev–Trinajstić information content (AvgIpc) is 2.76. The van der Waals surface area contributed by atoms with Crippen LogP contribution in [0.15, 0.2) is 18.5 Å². The monoisotopic (exact) mass is 287 g/mol. The zero-order chi connectivity index (χ0) is 14.9. The van der Waals surface area contributed by atoms with E-state index in [1.165, 1.54) is 0 Å². The Balaban J connectivity index is 2.13. The van der Waals surface area contributed by atoms with Gasteiger partial charge in [-0.2, -0.15) is 13.2 Å². The molecule has 7 heteroatoms. The lowest BCUT2D eigenvalue weighted by atomic mass is 9.95. The second-order valence-corrected chi connectivity index (χ2v) is 5.15. The third-order valence-electron chi connectivity index (χ3n) is 3.72. The normalized spacial score (nSPS) is 24.0. The van der Waals surface area contributed by atoms with Gasteiger partial charge in [-0.1, -0.05) is 0 Å². The number of hydrogen-bond acceptors (Lipinski definition) is 3. The molecule has 0 aromatic carbocycles. The maximum absolute atomic E-state index is 12.9. The van der Waals surface area contributed by atoms with Crippen molar-refractivity contribution in [2.24, 2.45) is 17.6 Å². The van der Waals surface area contributed by atoms with E-state index in [1.807, 2.05) is 6.92 Å². The van der Waals surface area contributed by atoms with Gasteiger partial charge in [0.1, 0.15) is 0 Å². The molecular formula is C13H16F3N3O. The Hall–Kier alpha value is -1.63. The average molecular weight is 287 g/mol. The minimum atomic E-state index is -4.40. The summed E-state index contributed by atoms with van der Waals surface area (Å²) >= 11 is 0. The van der Waals surface area contributed by atoms with E-state index in [0.29, 0.717) is 6.54 Å². The Morgan fingerprint density at radius 3 is 2.70 bits per heavy atom. The van der Waals surface area contributed by atoms with Crippen molar-refractivity contribution in [2.45, 2.75) is 19.6 Å². The Morgan fingerprint density at radius 2 is 2.20 bits per heavy atom. The number of halogens is 3. The SMILES string of the molecule is Cc1ccncc1CN1C[C@@H](C(F)(F)F)[C@H](C(N)=O)C1. The van der Waals surface area contributed by atoms with Gasteiger partial charge in [-0.15, -0.1) is 0 Å². The van der Waals surface area contributed by atoms with Crippen LogP contribution in [0.4, 0.5) is 13.2 Å². The van der Waals surface area contributed by atoms with Crippen LogP contribution in [0.5, 0.6) is 0 Å². The van der Waals surface area contributed by atoms with Crippen LogP contribution in [-0.4, -0.2) is 35.1 Å². The Morgan fingerprint density at radius 1 is 1.50 bits per heavy atom. The summed E-state index contributed by atoms with van der Waals surface area (Å²) in [5.41, 5.74) is 6.92. The standard InChI is InChI=1S/C13H16F3N3O/c1-8-2-3-18-4-9(8)5-19-6-10(12(17)20)11(7-19)13(14,15)16/h2-4,10-11H,5-7H2,1H3,(H2,17,20)/t10-,11-/m1/s1. The van der Waals surface area contributed by atoms with E-state index < -0.39 is 23.9 Å². The van der Waals surface area contributed by atoms with Crippen molar-refractivity contribution < 1.29 is 18.0 Å². The molecule has 20 heavy (non-hydrogen) atoms. The zero-order valence-corrected chi connectivity index (χ0v) is 11.0. The predicted octanol–water partition coefficient (Wildman–Crippen LogP) is 1.49. The van der Waals surface area contributed by atoms with Crippen LogP contribution in [0.1, 0.15) is 11.1 Å². The first-order valence-corrected chi connectivity index (χ1v) is 6.27. The first-order chi connectivity index (χ1) is 9.29. The highest BCUT2D eigenvalue weighted by Crippen LogP contribution is 2.37. The van der Waals surface area contributed by atoms with Crippen LogP contribution in [0.2, 0.25) is 0 Å². The molecule has 0 spiro atoms. The molecule has 1 aromatic heterocycles. The molecule has 0 bridgehead atoms. The number of alkyl halides is 3. The molecule has 1 fully saturated rings. The van der Waals surface area contributed by atoms with E-state index in [0.717, 1.165) is 11.1 Å². The van der Waals surface area contributed by atoms with E-state index in [1.54, 1.807) is 23.4 Å². The quantitative estimate of drug-likeness (QED) is 0.916. The summed E-state index contributed by atoms with van der Waals surface area (Å²) in [4.78, 5) is 16.8. The summed E-state index contributed by atoms with van der Waals surface area (Å²) in [6.45, 7) is 2.05. The number of amides is 1. The molecule has 110 valence electrons. The van der Waals surface area contributed by atoms with Gasteiger partial charge in [-0.05, 0) is 24.1 Å². The highest BCUT2D eigenvalue weighted by atomic mass is 19.4. The summed E-state index contributed by atoms with van der Waals surface area (Å²) < 4.78 is 38.7. The molecule has 2 atom stereocenters. The lowest BCUT2D eigenvalue weighted by Gasteiger charge is -2.19. The van der Waals surface area contributed by atoms with Crippen molar-refractivity contribution in [3.63, 3.8) is 0 Å². The number of hydrogen-bond donors (Lipinski definition) is 1. The third-order valence-corrected chi connectivity index (χ3v) is 3.72. The summed E-state index contributed by atoms with van der Waals surface area (Å²) in [5.74, 6) is -3.75. The number of rotatable bonds is 3. The van der Waals surface area contributed by atoms with Crippen molar-refractivity contribution in [3.8, 4) is 0 Å². The fourth-order valence-electron chi connectivity index (χ4n) is 2.54. The molecule has 2 N–H and O–H groups in total. The second-order valence-electron chi connectivity index (χ2n) is 5.15. The predicted molar refractivity (Wildman–Crippen MR) is 66.5 cm³/mol. The van der Waals surface area contributed by atoms with Crippen LogP contribution >= 0.6 is 0 Å². The minimum Gasteiger partial charge on any atom is -0.369 e. The van der Waals surface area contributed by atoms with Crippen molar-refractivity contribution in [1.82, 2.24) is 9.88 Å². The summed E-state index contributed by atoms with van der Waals surface area (Å²) in [6.07, 6.45) is -1.14. The molecule has 0 unspecified atom stereocenters. The van der Waals surface area contributed by atoms with E-state index in [9.17, 15) is 18.0 Å². The van der Waals surface area contributed by atoms with Crippen LogP contribution < -0.4 is 5.73 Å². The van der Waals surface area contributed by atoms with Crippen molar-refractivity contribution in [3.05, 3.63) is 29.6 Å². The lowest BCUT2D eigenvalue weighted by molar-refractivity contribution is -0.182. The van der Waals surface area contributed by atoms with Gasteiger partial charge in [-0.3, -0.25) is 14.7 Å². The summed E-state index contributed by atoms with van der Waals surface area (Å²) in [6, 6.07) is 1.80. The molecule has 1 aromatic rings. The van der Waals surface area contributed by atoms with Crippen molar-refractivity contribution in [1.29, 1.82) is 0 Å². The zero-order valence-electron chi connectivity index (χ0n) is 11.0. The number of aromatic nitrogens is 1. The first-order valence-electron chi connectivity index (χ1n) is 6.27. The van der Waals surface area contributed by atoms with E-state index in [-0.39, 0.29) is 13.1 Å². The molecule has 1 amide bonds. The number of primary amides is 1. The van der Waals surface area contributed by atoms with Gasteiger partial charge in [0.05, 0.1) is 11.8 Å². The Bertz CT molecular complexity index is 504. The second kappa shape index (κ2) is 5.40. The topological polar surface area (TPSA) is 59.2 Å². The van der Waals surface area contributed by atoms with Crippen molar-refractivity contribution >= 4 is 5.91 Å². The van der Waals surface area contributed by atoms with Gasteiger partial charge in [0.25, 0.3) is 0 Å². The summed E-state index contributed by atoms with van der Waals surface area (Å²) in [5, 5.41) is 0. The molecule has 1 aliphatic heterocycles. The maximum Gasteiger partial charge on any atom is 0.393 e. The largest absolute Gasteiger partial charge is 0.393 e. The van der Waals surface area contributed by atoms with E-state index in [4.69, 9.17) is 5.73 Å². The number of nitrogens with two attached hydrogens (primary N) is 1. The van der Waals surface area contributed by atoms with Crippen LogP contribution in [-0.2, 0) is 11.3 Å². The number of pyridine rings is 1. The first kappa shape index (κ1) is 14.8. The Labute approximate surface area is 114 Å². The number of nitrogens with zero attached hydrogens (tertiary/aromatic N) is 2. The number of aryl methyl sites for hydroxylation is 1. The van der Waals surface area contributed by atoms with E-state index in [2.05, 4.69) is 4.98 Å². The number of likely N-dealkylation sites (tertiary alicyclic amines) is 1. The van der Waals surface area contributed by atoms with Gasteiger partial charge in [0.2, 0.25) is 5.91 Å². The molecule has 0 saturated carbocycles.